The number of hydrogen-bond donors (Lipinski definition) is 4. The number of carbonyl (C=O) groups is 2. The van der Waals surface area contributed by atoms with Crippen LogP contribution in [-0.2, 0) is 9.59 Å². The Balaban J connectivity index is 0.000000325. The Hall–Kier alpha value is -1.35. The molecule has 4 N–H and O–H groups in total. The van der Waals surface area contributed by atoms with Crippen molar-refractivity contribution < 1.29 is 38.1 Å². The number of alkyl halides is 3. The van der Waals surface area contributed by atoms with Gasteiger partial charge < -0.3 is 20.6 Å². The van der Waals surface area contributed by atoms with Crippen LogP contribution in [0.4, 0.5) is 13.2 Å². The second kappa shape index (κ2) is 6.40. The van der Waals surface area contributed by atoms with Crippen molar-refractivity contribution in [2.75, 3.05) is 6.54 Å². The number of piperidine rings is 1. The van der Waals surface area contributed by atoms with Crippen molar-refractivity contribution in [3.8, 4) is 0 Å². The SMILES string of the molecule is O=C(O)C(F)(F)F.O=C(O)C1CC(O)CCN1. The average Bonchev–Trinajstić information content (AvgIpc) is 2.17. The van der Waals surface area contributed by atoms with Gasteiger partial charge in [-0.3, -0.25) is 4.79 Å². The Labute approximate surface area is 94.0 Å². The lowest BCUT2D eigenvalue weighted by Gasteiger charge is -2.23. The summed E-state index contributed by atoms with van der Waals surface area (Å²) in [7, 11) is 0. The molecular weight excluding hydrogens is 247 g/mol. The summed E-state index contributed by atoms with van der Waals surface area (Å²) in [5.41, 5.74) is 0. The second-order valence-corrected chi connectivity index (χ2v) is 3.33. The van der Waals surface area contributed by atoms with Crippen LogP contribution < -0.4 is 5.32 Å². The molecule has 1 rings (SSSR count). The Morgan fingerprint density at radius 1 is 1.24 bits per heavy atom. The minimum Gasteiger partial charge on any atom is -0.480 e. The monoisotopic (exact) mass is 259 g/mol. The van der Waals surface area contributed by atoms with Crippen molar-refractivity contribution in [1.82, 2.24) is 5.32 Å². The van der Waals surface area contributed by atoms with Crippen LogP contribution in [0.5, 0.6) is 0 Å². The molecule has 1 aliphatic rings. The summed E-state index contributed by atoms with van der Waals surface area (Å²) < 4.78 is 31.7. The molecule has 0 aromatic rings. The van der Waals surface area contributed by atoms with E-state index in [1.165, 1.54) is 0 Å². The number of carboxylic acid groups (broad SMARTS) is 2. The summed E-state index contributed by atoms with van der Waals surface area (Å²) >= 11 is 0. The topological polar surface area (TPSA) is 107 Å². The van der Waals surface area contributed by atoms with Crippen molar-refractivity contribution in [1.29, 1.82) is 0 Å². The number of aliphatic carboxylic acids is 2. The molecule has 0 spiro atoms. The highest BCUT2D eigenvalue weighted by Crippen LogP contribution is 2.13. The van der Waals surface area contributed by atoms with Gasteiger partial charge in [0.25, 0.3) is 0 Å². The van der Waals surface area contributed by atoms with E-state index in [-0.39, 0.29) is 0 Å². The lowest BCUT2D eigenvalue weighted by molar-refractivity contribution is -0.192. The predicted molar refractivity (Wildman–Crippen MR) is 48.4 cm³/mol. The molecule has 1 aliphatic heterocycles. The van der Waals surface area contributed by atoms with Gasteiger partial charge in [-0.25, -0.2) is 4.79 Å². The first-order valence-electron chi connectivity index (χ1n) is 4.59. The number of aliphatic hydroxyl groups is 1. The van der Waals surface area contributed by atoms with Gasteiger partial charge in [0, 0.05) is 0 Å². The fourth-order valence-electron chi connectivity index (χ4n) is 1.09. The molecule has 1 saturated heterocycles. The summed E-state index contributed by atoms with van der Waals surface area (Å²) in [5.74, 6) is -3.63. The number of rotatable bonds is 1. The molecule has 0 bridgehead atoms. The first-order chi connectivity index (χ1) is 7.64. The van der Waals surface area contributed by atoms with Crippen LogP contribution in [0.3, 0.4) is 0 Å². The Bertz CT molecular complexity index is 281. The normalized spacial score (nSPS) is 24.5. The zero-order chi connectivity index (χ0) is 13.6. The van der Waals surface area contributed by atoms with Gasteiger partial charge in [0.15, 0.2) is 0 Å². The first-order valence-corrected chi connectivity index (χ1v) is 4.59. The fourth-order valence-corrected chi connectivity index (χ4v) is 1.09. The zero-order valence-electron chi connectivity index (χ0n) is 8.57. The molecule has 2 atom stereocenters. The minimum absolute atomic E-state index is 0.329. The number of halogens is 3. The van der Waals surface area contributed by atoms with Crippen LogP contribution in [0.2, 0.25) is 0 Å². The summed E-state index contributed by atoms with van der Waals surface area (Å²) in [6.45, 7) is 0.595. The lowest BCUT2D eigenvalue weighted by atomic mass is 10.0. The third-order valence-electron chi connectivity index (χ3n) is 1.92. The Morgan fingerprint density at radius 2 is 1.71 bits per heavy atom. The van der Waals surface area contributed by atoms with Crippen LogP contribution in [0.15, 0.2) is 0 Å². The van der Waals surface area contributed by atoms with Gasteiger partial charge in [-0.05, 0) is 19.4 Å². The van der Waals surface area contributed by atoms with Crippen LogP contribution in [0, 0.1) is 0 Å². The Morgan fingerprint density at radius 3 is 1.94 bits per heavy atom. The third-order valence-corrected chi connectivity index (χ3v) is 1.92. The van der Waals surface area contributed by atoms with Gasteiger partial charge in [-0.15, -0.1) is 0 Å². The standard InChI is InChI=1S/C6H11NO3.C2HF3O2/c8-4-1-2-7-5(3-4)6(9)10;3-2(4,5)1(6)7/h4-5,7-8H,1-3H2,(H,9,10);(H,6,7). The quantitative estimate of drug-likeness (QED) is 0.520. The van der Waals surface area contributed by atoms with Crippen LogP contribution in [0.1, 0.15) is 12.8 Å². The van der Waals surface area contributed by atoms with Crippen LogP contribution in [0.25, 0.3) is 0 Å². The maximum Gasteiger partial charge on any atom is 0.490 e. The van der Waals surface area contributed by atoms with E-state index in [0.29, 0.717) is 19.4 Å². The molecule has 0 aliphatic carbocycles. The average molecular weight is 259 g/mol. The van der Waals surface area contributed by atoms with Gasteiger partial charge in [-0.2, -0.15) is 13.2 Å². The fraction of sp³-hybridized carbons (Fsp3) is 0.750. The highest BCUT2D eigenvalue weighted by Gasteiger charge is 2.38. The molecule has 0 saturated carbocycles. The second-order valence-electron chi connectivity index (χ2n) is 3.33. The van der Waals surface area contributed by atoms with Crippen molar-refractivity contribution in [3.05, 3.63) is 0 Å². The van der Waals surface area contributed by atoms with Gasteiger partial charge in [0.2, 0.25) is 0 Å². The molecule has 0 radical (unpaired) electrons. The molecule has 0 aromatic heterocycles. The van der Waals surface area contributed by atoms with Crippen LogP contribution >= 0.6 is 0 Å². The van der Waals surface area contributed by atoms with E-state index in [9.17, 15) is 18.0 Å². The van der Waals surface area contributed by atoms with Crippen molar-refractivity contribution in [2.45, 2.75) is 31.2 Å². The van der Waals surface area contributed by atoms with E-state index in [2.05, 4.69) is 5.32 Å². The maximum atomic E-state index is 10.6. The summed E-state index contributed by atoms with van der Waals surface area (Å²) in [5, 5.41) is 27.4. The largest absolute Gasteiger partial charge is 0.490 e. The molecule has 100 valence electrons. The van der Waals surface area contributed by atoms with E-state index in [0.717, 1.165) is 0 Å². The van der Waals surface area contributed by atoms with E-state index >= 15 is 0 Å². The van der Waals surface area contributed by atoms with Gasteiger partial charge in [0.05, 0.1) is 6.10 Å². The smallest absolute Gasteiger partial charge is 0.480 e. The molecule has 17 heavy (non-hydrogen) atoms. The maximum absolute atomic E-state index is 10.6. The van der Waals surface area contributed by atoms with Crippen molar-refractivity contribution >= 4 is 11.9 Å². The van der Waals surface area contributed by atoms with Crippen molar-refractivity contribution in [2.24, 2.45) is 0 Å². The molecule has 6 nitrogen and oxygen atoms in total. The first kappa shape index (κ1) is 15.7. The number of nitrogens with one attached hydrogen (secondary N) is 1. The van der Waals surface area contributed by atoms with E-state index in [4.69, 9.17) is 20.1 Å². The highest BCUT2D eigenvalue weighted by molar-refractivity contribution is 5.73. The zero-order valence-corrected chi connectivity index (χ0v) is 8.57. The number of carboxylic acids is 2. The molecule has 0 aromatic carbocycles. The van der Waals surface area contributed by atoms with E-state index in [1.54, 1.807) is 0 Å². The molecule has 1 heterocycles. The minimum atomic E-state index is -5.08. The summed E-state index contributed by atoms with van der Waals surface area (Å²) in [6, 6.07) is -0.552. The van der Waals surface area contributed by atoms with Gasteiger partial charge >= 0.3 is 18.1 Å². The third kappa shape index (κ3) is 6.74. The van der Waals surface area contributed by atoms with E-state index in [1.807, 2.05) is 0 Å². The predicted octanol–water partition coefficient (Wildman–Crippen LogP) is -0.183. The molecular formula is C8H12F3NO5. The summed E-state index contributed by atoms with van der Waals surface area (Å²) in [6.07, 6.45) is -4.54. The van der Waals surface area contributed by atoms with Crippen LogP contribution in [-0.4, -0.2) is 52.1 Å². The Kier molecular flexibility index (Phi) is 5.89. The number of hydrogen-bond acceptors (Lipinski definition) is 4. The van der Waals surface area contributed by atoms with Crippen molar-refractivity contribution in [3.63, 3.8) is 0 Å². The highest BCUT2D eigenvalue weighted by atomic mass is 19.4. The lowest BCUT2D eigenvalue weighted by Crippen LogP contribution is -2.45. The van der Waals surface area contributed by atoms with Gasteiger partial charge in [0.1, 0.15) is 6.04 Å². The molecule has 2 unspecified atom stereocenters. The molecule has 9 heteroatoms. The molecule has 0 amide bonds. The summed E-state index contributed by atoms with van der Waals surface area (Å²) in [4.78, 5) is 19.2. The van der Waals surface area contributed by atoms with Gasteiger partial charge in [-0.1, -0.05) is 0 Å². The number of aliphatic hydroxyl groups excluding tert-OH is 1. The molecule has 1 fully saturated rings. The van der Waals surface area contributed by atoms with E-state index < -0.39 is 30.3 Å².